The maximum atomic E-state index is 11.2. The molecule has 0 saturated carbocycles. The zero-order chi connectivity index (χ0) is 10.4. The molecule has 14 heavy (non-hydrogen) atoms. The van der Waals surface area contributed by atoms with Gasteiger partial charge in [0, 0.05) is 6.42 Å². The molecule has 0 aliphatic carbocycles. The monoisotopic (exact) mass is 191 g/mol. The van der Waals surface area contributed by atoms with Crippen molar-refractivity contribution >= 4 is 5.97 Å². The Balaban J connectivity index is 2.31. The molecule has 0 unspecified atom stereocenters. The van der Waals surface area contributed by atoms with Crippen molar-refractivity contribution in [2.24, 2.45) is 5.92 Å². The Morgan fingerprint density at radius 3 is 2.64 bits per heavy atom. The van der Waals surface area contributed by atoms with E-state index in [9.17, 15) is 4.79 Å². The fourth-order valence-electron chi connectivity index (χ4n) is 1.08. The van der Waals surface area contributed by atoms with Gasteiger partial charge >= 0.3 is 5.97 Å². The van der Waals surface area contributed by atoms with E-state index in [2.05, 4.69) is 6.92 Å². The second-order valence-corrected chi connectivity index (χ2v) is 3.46. The van der Waals surface area contributed by atoms with E-state index in [1.165, 1.54) is 0 Å². The largest absolute Gasteiger partial charge is 0.461 e. The number of hydrogen-bond donors (Lipinski definition) is 0. The second kappa shape index (κ2) is 5.43. The van der Waals surface area contributed by atoms with E-state index in [1.807, 2.05) is 37.3 Å². The van der Waals surface area contributed by atoms with Crippen molar-refractivity contribution in [3.8, 4) is 0 Å². The van der Waals surface area contributed by atoms with Gasteiger partial charge < -0.3 is 4.74 Å². The van der Waals surface area contributed by atoms with Crippen LogP contribution in [-0.2, 0) is 16.1 Å². The Hall–Kier alpha value is -1.31. The maximum absolute atomic E-state index is 11.2. The number of carbonyl (C=O) groups excluding carboxylic acids is 1. The minimum atomic E-state index is -0.184. The molecule has 1 rings (SSSR count). The minimum absolute atomic E-state index is 0.110. The highest BCUT2D eigenvalue weighted by atomic mass is 16.5. The van der Waals surface area contributed by atoms with E-state index in [0.717, 1.165) is 5.56 Å². The minimum Gasteiger partial charge on any atom is -0.461 e. The number of ether oxygens (including phenoxy) is 1. The third-order valence-electron chi connectivity index (χ3n) is 1.76. The number of rotatable bonds is 4. The van der Waals surface area contributed by atoms with Crippen LogP contribution >= 0.6 is 0 Å². The van der Waals surface area contributed by atoms with Crippen LogP contribution in [0.5, 0.6) is 0 Å². The molecule has 0 heterocycles. The lowest BCUT2D eigenvalue weighted by atomic mass is 10.1. The van der Waals surface area contributed by atoms with Gasteiger partial charge in [0.1, 0.15) is 6.61 Å². The summed E-state index contributed by atoms with van der Waals surface area (Å²) in [6, 6.07) is 9.64. The molecule has 75 valence electrons. The topological polar surface area (TPSA) is 26.3 Å². The molecule has 1 atom stereocenters. The van der Waals surface area contributed by atoms with E-state index in [4.69, 9.17) is 4.74 Å². The summed E-state index contributed by atoms with van der Waals surface area (Å²) in [6.07, 6.45) is 0.382. The second-order valence-electron chi connectivity index (χ2n) is 3.46. The van der Waals surface area contributed by atoms with Gasteiger partial charge in [-0.15, -0.1) is 0 Å². The SMILES string of the molecule is [CH2][C@H](C)CC(=O)OCc1ccccc1. The van der Waals surface area contributed by atoms with Gasteiger partial charge in [0.2, 0.25) is 0 Å². The van der Waals surface area contributed by atoms with Crippen molar-refractivity contribution in [1.29, 1.82) is 0 Å². The number of esters is 1. The predicted molar refractivity (Wildman–Crippen MR) is 55.4 cm³/mol. The molecule has 0 amide bonds. The van der Waals surface area contributed by atoms with Gasteiger partial charge in [-0.25, -0.2) is 0 Å². The summed E-state index contributed by atoms with van der Waals surface area (Å²) in [4.78, 5) is 11.2. The summed E-state index contributed by atoms with van der Waals surface area (Å²) < 4.78 is 5.06. The average molecular weight is 191 g/mol. The first-order valence-corrected chi connectivity index (χ1v) is 4.71. The number of carbonyl (C=O) groups is 1. The van der Waals surface area contributed by atoms with Gasteiger partial charge in [0.25, 0.3) is 0 Å². The molecule has 2 nitrogen and oxygen atoms in total. The molecule has 0 aliphatic rings. The van der Waals surface area contributed by atoms with Crippen LogP contribution in [-0.4, -0.2) is 5.97 Å². The quantitative estimate of drug-likeness (QED) is 0.684. The van der Waals surface area contributed by atoms with E-state index in [0.29, 0.717) is 13.0 Å². The lowest BCUT2D eigenvalue weighted by Gasteiger charge is -2.06. The van der Waals surface area contributed by atoms with Crippen LogP contribution in [0, 0.1) is 12.8 Å². The molecule has 0 saturated heterocycles. The van der Waals surface area contributed by atoms with Crippen molar-refractivity contribution in [2.45, 2.75) is 20.0 Å². The van der Waals surface area contributed by atoms with Crippen molar-refractivity contribution < 1.29 is 9.53 Å². The summed E-state index contributed by atoms with van der Waals surface area (Å²) in [5.74, 6) is -0.0744. The fourth-order valence-corrected chi connectivity index (χ4v) is 1.08. The van der Waals surface area contributed by atoms with Crippen LogP contribution in [0.15, 0.2) is 30.3 Å². The predicted octanol–water partition coefficient (Wildman–Crippen LogP) is 2.59. The molecular weight excluding hydrogens is 176 g/mol. The van der Waals surface area contributed by atoms with Crippen LogP contribution in [0.3, 0.4) is 0 Å². The van der Waals surface area contributed by atoms with Crippen LogP contribution < -0.4 is 0 Å². The summed E-state index contributed by atoms with van der Waals surface area (Å²) in [5, 5.41) is 0. The van der Waals surface area contributed by atoms with Crippen molar-refractivity contribution in [3.63, 3.8) is 0 Å². The third kappa shape index (κ3) is 4.08. The van der Waals surface area contributed by atoms with Crippen LogP contribution in [0.2, 0.25) is 0 Å². The molecule has 0 fully saturated rings. The smallest absolute Gasteiger partial charge is 0.306 e. The summed E-state index contributed by atoms with van der Waals surface area (Å²) >= 11 is 0. The summed E-state index contributed by atoms with van der Waals surface area (Å²) in [6.45, 7) is 5.98. The first kappa shape index (κ1) is 10.8. The Kier molecular flexibility index (Phi) is 4.17. The highest BCUT2D eigenvalue weighted by Crippen LogP contribution is 2.04. The Bertz CT molecular complexity index is 278. The fraction of sp³-hybridized carbons (Fsp3) is 0.333. The van der Waals surface area contributed by atoms with Gasteiger partial charge in [-0.3, -0.25) is 4.79 Å². The summed E-state index contributed by atoms with van der Waals surface area (Å²) in [5.41, 5.74) is 1.01. The Morgan fingerprint density at radius 2 is 2.07 bits per heavy atom. The van der Waals surface area contributed by atoms with Crippen molar-refractivity contribution in [1.82, 2.24) is 0 Å². The lowest BCUT2D eigenvalue weighted by molar-refractivity contribution is -0.145. The van der Waals surface area contributed by atoms with Gasteiger partial charge in [0.15, 0.2) is 0 Å². The molecule has 0 aromatic heterocycles. The standard InChI is InChI=1S/C12H15O2/c1-10(2)8-12(13)14-9-11-6-4-3-5-7-11/h3-7,10H,1,8-9H2,2H3/t10-/m1/s1. The normalized spacial score (nSPS) is 10.2. The first-order valence-electron chi connectivity index (χ1n) is 4.71. The highest BCUT2D eigenvalue weighted by Gasteiger charge is 2.05. The van der Waals surface area contributed by atoms with Crippen LogP contribution in [0.1, 0.15) is 18.9 Å². The molecule has 0 bridgehead atoms. The van der Waals surface area contributed by atoms with E-state index in [-0.39, 0.29) is 11.9 Å². The van der Waals surface area contributed by atoms with E-state index in [1.54, 1.807) is 0 Å². The van der Waals surface area contributed by atoms with Gasteiger partial charge in [0.05, 0.1) is 0 Å². The lowest BCUT2D eigenvalue weighted by Crippen LogP contribution is -2.07. The number of benzene rings is 1. The molecule has 0 aliphatic heterocycles. The van der Waals surface area contributed by atoms with E-state index < -0.39 is 0 Å². The van der Waals surface area contributed by atoms with Crippen molar-refractivity contribution in [3.05, 3.63) is 42.8 Å². The molecule has 0 N–H and O–H groups in total. The van der Waals surface area contributed by atoms with Crippen molar-refractivity contribution in [2.75, 3.05) is 0 Å². The molecule has 1 radical (unpaired) electrons. The van der Waals surface area contributed by atoms with Crippen LogP contribution in [0.4, 0.5) is 0 Å². The Labute approximate surface area is 84.9 Å². The van der Waals surface area contributed by atoms with E-state index >= 15 is 0 Å². The molecular formula is C12H15O2. The zero-order valence-corrected chi connectivity index (χ0v) is 8.40. The third-order valence-corrected chi connectivity index (χ3v) is 1.76. The van der Waals surface area contributed by atoms with Gasteiger partial charge in [-0.1, -0.05) is 37.3 Å². The highest BCUT2D eigenvalue weighted by molar-refractivity contribution is 5.69. The van der Waals surface area contributed by atoms with Gasteiger partial charge in [-0.2, -0.15) is 0 Å². The Morgan fingerprint density at radius 1 is 1.43 bits per heavy atom. The van der Waals surface area contributed by atoms with Crippen LogP contribution in [0.25, 0.3) is 0 Å². The molecule has 2 heteroatoms. The molecule has 1 aromatic rings. The van der Waals surface area contributed by atoms with Gasteiger partial charge in [-0.05, 0) is 18.4 Å². The number of hydrogen-bond acceptors (Lipinski definition) is 2. The molecule has 0 spiro atoms. The first-order chi connectivity index (χ1) is 6.68. The maximum Gasteiger partial charge on any atom is 0.306 e. The zero-order valence-electron chi connectivity index (χ0n) is 8.40. The average Bonchev–Trinajstić information content (AvgIpc) is 2.15. The molecule has 1 aromatic carbocycles. The summed E-state index contributed by atoms with van der Waals surface area (Å²) in [7, 11) is 0.